The molecule has 5 nitrogen and oxygen atoms in total. The molecule has 2 aliphatic heterocycles. The minimum Gasteiger partial charge on any atom is -0.322 e. The van der Waals surface area contributed by atoms with E-state index in [9.17, 15) is 27.6 Å². The second kappa shape index (κ2) is 6.21. The van der Waals surface area contributed by atoms with Gasteiger partial charge in [-0.25, -0.2) is 13.2 Å². The molecule has 1 fully saturated rings. The van der Waals surface area contributed by atoms with Gasteiger partial charge in [0.25, 0.3) is 11.8 Å². The van der Waals surface area contributed by atoms with Gasteiger partial charge < -0.3 is 4.90 Å². The number of amides is 3. The van der Waals surface area contributed by atoms with Crippen LogP contribution in [0, 0.1) is 5.82 Å². The summed E-state index contributed by atoms with van der Waals surface area (Å²) in [6, 6.07) is 1.57. The number of piperidine rings is 1. The highest BCUT2D eigenvalue weighted by molar-refractivity contribution is 6.06. The van der Waals surface area contributed by atoms with E-state index in [1.165, 1.54) is 17.0 Å². The zero-order chi connectivity index (χ0) is 19.3. The van der Waals surface area contributed by atoms with E-state index in [1.54, 1.807) is 0 Å². The molecule has 1 atom stereocenters. The maximum absolute atomic E-state index is 14.1. The number of hydrogen-bond acceptors (Lipinski definition) is 3. The van der Waals surface area contributed by atoms with Crippen molar-refractivity contribution in [3.05, 3.63) is 40.7 Å². The van der Waals surface area contributed by atoms with Crippen molar-refractivity contribution in [3.63, 3.8) is 0 Å². The first kappa shape index (κ1) is 17.8. The van der Waals surface area contributed by atoms with Gasteiger partial charge in [-0.05, 0) is 41.7 Å². The van der Waals surface area contributed by atoms with Crippen LogP contribution in [-0.2, 0) is 16.1 Å². The lowest BCUT2D eigenvalue weighted by Crippen LogP contribution is -2.52. The molecule has 0 saturated carbocycles. The highest BCUT2D eigenvalue weighted by atomic mass is 19.3. The predicted octanol–water partition coefficient (Wildman–Crippen LogP) is 2.79. The highest BCUT2D eigenvalue weighted by Gasteiger charge is 2.41. The number of carbonyl (C=O) groups is 3. The largest absolute Gasteiger partial charge is 0.322 e. The van der Waals surface area contributed by atoms with Crippen LogP contribution < -0.4 is 5.32 Å². The second-order valence-corrected chi connectivity index (χ2v) is 7.17. The Labute approximate surface area is 153 Å². The number of fused-ring (bicyclic) bond motifs is 1. The molecular formula is C19H17F3N2O3. The van der Waals surface area contributed by atoms with Crippen LogP contribution >= 0.6 is 0 Å². The molecule has 8 heteroatoms. The second-order valence-electron chi connectivity index (χ2n) is 7.17. The summed E-state index contributed by atoms with van der Waals surface area (Å²) in [6.07, 6.45) is 1.08. The van der Waals surface area contributed by atoms with Gasteiger partial charge in [0.1, 0.15) is 11.9 Å². The lowest BCUT2D eigenvalue weighted by atomic mass is 9.88. The molecule has 1 aliphatic carbocycles. The lowest BCUT2D eigenvalue weighted by Gasteiger charge is -2.29. The van der Waals surface area contributed by atoms with E-state index in [2.05, 4.69) is 5.32 Å². The first-order valence-corrected chi connectivity index (χ1v) is 8.79. The van der Waals surface area contributed by atoms with Crippen molar-refractivity contribution in [2.45, 2.75) is 50.6 Å². The van der Waals surface area contributed by atoms with Crippen LogP contribution in [0.5, 0.6) is 0 Å². The van der Waals surface area contributed by atoms with Crippen molar-refractivity contribution in [3.8, 4) is 0 Å². The van der Waals surface area contributed by atoms with Crippen LogP contribution in [-0.4, -0.2) is 34.6 Å². The van der Waals surface area contributed by atoms with Crippen molar-refractivity contribution in [2.24, 2.45) is 0 Å². The van der Waals surface area contributed by atoms with Gasteiger partial charge in [-0.3, -0.25) is 19.7 Å². The zero-order valence-electron chi connectivity index (χ0n) is 14.4. The SMILES string of the molecule is O=C1CCC(N2Cc3c(cc(F)cc3C3=CCC(F)(F)CC3)C2=O)C(=O)N1. The molecule has 0 radical (unpaired) electrons. The fourth-order valence-electron chi connectivity index (χ4n) is 3.95. The number of halogens is 3. The summed E-state index contributed by atoms with van der Waals surface area (Å²) in [5.74, 6) is -4.82. The minimum absolute atomic E-state index is 0.0871. The van der Waals surface area contributed by atoms with E-state index in [-0.39, 0.29) is 43.7 Å². The molecule has 1 N–H and O–H groups in total. The molecule has 0 aromatic heterocycles. The molecule has 0 bridgehead atoms. The lowest BCUT2D eigenvalue weighted by molar-refractivity contribution is -0.136. The van der Waals surface area contributed by atoms with Crippen molar-refractivity contribution in [1.82, 2.24) is 10.2 Å². The quantitative estimate of drug-likeness (QED) is 0.805. The van der Waals surface area contributed by atoms with E-state index in [0.29, 0.717) is 16.7 Å². The van der Waals surface area contributed by atoms with Gasteiger partial charge in [0.15, 0.2) is 0 Å². The molecule has 3 aliphatic rings. The number of carbonyl (C=O) groups excluding carboxylic acids is 3. The summed E-state index contributed by atoms with van der Waals surface area (Å²) in [6.45, 7) is 0.0871. The molecule has 2 heterocycles. The maximum atomic E-state index is 14.1. The van der Waals surface area contributed by atoms with Crippen LogP contribution in [0.15, 0.2) is 18.2 Å². The first-order valence-electron chi connectivity index (χ1n) is 8.79. The van der Waals surface area contributed by atoms with Crippen LogP contribution in [0.1, 0.15) is 53.6 Å². The van der Waals surface area contributed by atoms with Crippen molar-refractivity contribution < 1.29 is 27.6 Å². The molecule has 1 saturated heterocycles. The Bertz CT molecular complexity index is 894. The number of rotatable bonds is 2. The van der Waals surface area contributed by atoms with Crippen molar-refractivity contribution in [2.75, 3.05) is 0 Å². The van der Waals surface area contributed by atoms with Gasteiger partial charge in [0.05, 0.1) is 0 Å². The molecular weight excluding hydrogens is 361 g/mol. The highest BCUT2D eigenvalue weighted by Crippen LogP contribution is 2.40. The summed E-state index contributed by atoms with van der Waals surface area (Å²) < 4.78 is 41.0. The number of nitrogens with one attached hydrogen (secondary N) is 1. The summed E-state index contributed by atoms with van der Waals surface area (Å²) in [7, 11) is 0. The number of hydrogen-bond donors (Lipinski definition) is 1. The molecule has 3 amide bonds. The summed E-state index contributed by atoms with van der Waals surface area (Å²) in [5.41, 5.74) is 1.73. The van der Waals surface area contributed by atoms with Crippen LogP contribution in [0.3, 0.4) is 0 Å². The van der Waals surface area contributed by atoms with Crippen molar-refractivity contribution >= 4 is 23.3 Å². The number of imide groups is 1. The molecule has 27 heavy (non-hydrogen) atoms. The predicted molar refractivity (Wildman–Crippen MR) is 89.2 cm³/mol. The number of benzene rings is 1. The summed E-state index contributed by atoms with van der Waals surface area (Å²) in [4.78, 5) is 37.6. The molecule has 0 spiro atoms. The number of alkyl halides is 2. The number of nitrogens with zero attached hydrogens (tertiary/aromatic N) is 1. The zero-order valence-corrected chi connectivity index (χ0v) is 14.4. The third-order valence-corrected chi connectivity index (χ3v) is 5.37. The Morgan fingerprint density at radius 1 is 1.11 bits per heavy atom. The third kappa shape index (κ3) is 3.13. The average molecular weight is 378 g/mol. The van der Waals surface area contributed by atoms with Gasteiger partial charge >= 0.3 is 0 Å². The third-order valence-electron chi connectivity index (χ3n) is 5.37. The summed E-state index contributed by atoms with van der Waals surface area (Å²) in [5, 5.41) is 2.21. The Kier molecular flexibility index (Phi) is 4.09. The van der Waals surface area contributed by atoms with Crippen molar-refractivity contribution in [1.29, 1.82) is 0 Å². The van der Waals surface area contributed by atoms with E-state index in [0.717, 1.165) is 6.07 Å². The van der Waals surface area contributed by atoms with Gasteiger partial charge in [-0.15, -0.1) is 0 Å². The number of allylic oxidation sites excluding steroid dienone is 2. The Hall–Kier alpha value is -2.64. The topological polar surface area (TPSA) is 66.5 Å². The van der Waals surface area contributed by atoms with E-state index in [4.69, 9.17) is 0 Å². The van der Waals surface area contributed by atoms with Gasteiger partial charge in [0.2, 0.25) is 11.8 Å². The van der Waals surface area contributed by atoms with E-state index in [1.807, 2.05) is 0 Å². The van der Waals surface area contributed by atoms with Crippen LogP contribution in [0.4, 0.5) is 13.2 Å². The Balaban J connectivity index is 1.68. The van der Waals surface area contributed by atoms with E-state index >= 15 is 0 Å². The first-order chi connectivity index (χ1) is 12.7. The molecule has 1 aromatic rings. The van der Waals surface area contributed by atoms with Crippen LogP contribution in [0.25, 0.3) is 5.57 Å². The fourth-order valence-corrected chi connectivity index (χ4v) is 3.95. The minimum atomic E-state index is -2.77. The molecule has 1 aromatic carbocycles. The molecule has 142 valence electrons. The fraction of sp³-hybridized carbons (Fsp3) is 0.421. The van der Waals surface area contributed by atoms with E-state index < -0.39 is 36.0 Å². The average Bonchev–Trinajstić information content (AvgIpc) is 2.91. The normalized spacial score (nSPS) is 24.6. The monoisotopic (exact) mass is 378 g/mol. The smallest absolute Gasteiger partial charge is 0.255 e. The summed E-state index contributed by atoms with van der Waals surface area (Å²) >= 11 is 0. The molecule has 4 rings (SSSR count). The van der Waals surface area contributed by atoms with Crippen LogP contribution in [0.2, 0.25) is 0 Å². The Morgan fingerprint density at radius 2 is 1.85 bits per heavy atom. The van der Waals surface area contributed by atoms with Gasteiger partial charge in [-0.1, -0.05) is 6.08 Å². The Morgan fingerprint density at radius 3 is 2.52 bits per heavy atom. The maximum Gasteiger partial charge on any atom is 0.255 e. The van der Waals surface area contributed by atoms with Gasteiger partial charge in [0, 0.05) is 31.4 Å². The van der Waals surface area contributed by atoms with Gasteiger partial charge in [-0.2, -0.15) is 0 Å². The molecule has 1 unspecified atom stereocenters. The standard InChI is InChI=1S/C19H17F3N2O3/c20-11-7-12(10-3-5-19(21,22)6-4-10)14-9-24(18(27)13(14)8-11)15-1-2-16(25)23-17(15)26/h3,7-8,15H,1-2,4-6,9H2,(H,23,25,26).